The molecule has 2 atom stereocenters. The number of amides is 1. The Bertz CT molecular complexity index is 234. The van der Waals surface area contributed by atoms with E-state index in [0.717, 1.165) is 13.1 Å². The highest BCUT2D eigenvalue weighted by molar-refractivity contribution is 5.70. The first kappa shape index (κ1) is 8.81. The molecule has 74 valence electrons. The summed E-state index contributed by atoms with van der Waals surface area (Å²) < 4.78 is 5.25. The molecule has 0 aromatic rings. The van der Waals surface area contributed by atoms with Crippen molar-refractivity contribution >= 4 is 6.09 Å². The standard InChI is InChI=1S/C9H16N2O2/c1-9(2,3)13-8(12)11-5-6-7(11)4-10-6/h6-7,10H,4-5H2,1-3H3/t6?,7-/m1/s1. The van der Waals surface area contributed by atoms with Crippen LogP contribution < -0.4 is 5.32 Å². The Morgan fingerprint density at radius 3 is 2.54 bits per heavy atom. The van der Waals surface area contributed by atoms with Gasteiger partial charge in [-0.25, -0.2) is 4.79 Å². The highest BCUT2D eigenvalue weighted by Crippen LogP contribution is 2.26. The van der Waals surface area contributed by atoms with Crippen molar-refractivity contribution in [2.24, 2.45) is 0 Å². The first-order valence-electron chi connectivity index (χ1n) is 4.70. The second-order valence-corrected chi connectivity index (χ2v) is 4.71. The van der Waals surface area contributed by atoms with E-state index >= 15 is 0 Å². The first-order chi connectivity index (χ1) is 5.97. The van der Waals surface area contributed by atoms with Crippen LogP contribution in [0.15, 0.2) is 0 Å². The molecule has 0 spiro atoms. The van der Waals surface area contributed by atoms with Gasteiger partial charge in [-0.1, -0.05) is 0 Å². The molecule has 2 saturated heterocycles. The molecule has 0 aliphatic carbocycles. The van der Waals surface area contributed by atoms with E-state index in [0.29, 0.717) is 12.1 Å². The zero-order chi connectivity index (χ0) is 9.64. The molecule has 2 heterocycles. The highest BCUT2D eigenvalue weighted by Gasteiger charge is 2.49. The van der Waals surface area contributed by atoms with E-state index in [1.807, 2.05) is 20.8 Å². The van der Waals surface area contributed by atoms with Crippen LogP contribution in [0.5, 0.6) is 0 Å². The Labute approximate surface area is 78.2 Å². The van der Waals surface area contributed by atoms with Gasteiger partial charge in [-0.2, -0.15) is 0 Å². The summed E-state index contributed by atoms with van der Waals surface area (Å²) in [6.07, 6.45) is -0.171. The van der Waals surface area contributed by atoms with Crippen LogP contribution >= 0.6 is 0 Å². The van der Waals surface area contributed by atoms with Gasteiger partial charge in [-0.15, -0.1) is 0 Å². The van der Waals surface area contributed by atoms with Crippen LogP contribution in [0.2, 0.25) is 0 Å². The lowest BCUT2D eigenvalue weighted by atomic mass is 9.89. The Morgan fingerprint density at radius 1 is 1.54 bits per heavy atom. The summed E-state index contributed by atoms with van der Waals surface area (Å²) in [6, 6.07) is 0.933. The molecular formula is C9H16N2O2. The lowest BCUT2D eigenvalue weighted by Crippen LogP contribution is -2.78. The maximum absolute atomic E-state index is 11.5. The van der Waals surface area contributed by atoms with Gasteiger partial charge in [-0.05, 0) is 20.8 Å². The fourth-order valence-electron chi connectivity index (χ4n) is 1.64. The summed E-state index contributed by atoms with van der Waals surface area (Å²) in [6.45, 7) is 7.40. The highest BCUT2D eigenvalue weighted by atomic mass is 16.6. The van der Waals surface area contributed by atoms with Gasteiger partial charge in [-0.3, -0.25) is 0 Å². The fraction of sp³-hybridized carbons (Fsp3) is 0.889. The molecular weight excluding hydrogens is 168 g/mol. The minimum atomic E-state index is -0.376. The van der Waals surface area contributed by atoms with Crippen LogP contribution in [0, 0.1) is 0 Å². The second-order valence-electron chi connectivity index (χ2n) is 4.71. The van der Waals surface area contributed by atoms with E-state index in [1.165, 1.54) is 0 Å². The van der Waals surface area contributed by atoms with E-state index in [4.69, 9.17) is 4.74 Å². The van der Waals surface area contributed by atoms with Crippen LogP contribution in [0.4, 0.5) is 4.79 Å². The normalized spacial score (nSPS) is 31.5. The van der Waals surface area contributed by atoms with Gasteiger partial charge >= 0.3 is 6.09 Å². The van der Waals surface area contributed by atoms with Crippen LogP contribution in [-0.2, 0) is 4.74 Å². The van der Waals surface area contributed by atoms with Crippen molar-refractivity contribution in [1.82, 2.24) is 10.2 Å². The smallest absolute Gasteiger partial charge is 0.410 e. The number of nitrogens with zero attached hydrogens (tertiary/aromatic N) is 1. The Morgan fingerprint density at radius 2 is 2.23 bits per heavy atom. The number of fused-ring (bicyclic) bond motifs is 1. The maximum Gasteiger partial charge on any atom is 0.410 e. The van der Waals surface area contributed by atoms with Crippen LogP contribution in [-0.4, -0.2) is 41.8 Å². The molecule has 1 unspecified atom stereocenters. The third-order valence-corrected chi connectivity index (χ3v) is 2.48. The van der Waals surface area contributed by atoms with Gasteiger partial charge in [0, 0.05) is 19.1 Å². The van der Waals surface area contributed by atoms with Crippen molar-refractivity contribution in [2.75, 3.05) is 13.1 Å². The number of ether oxygens (including phenoxy) is 1. The molecule has 0 aromatic heterocycles. The van der Waals surface area contributed by atoms with Crippen molar-refractivity contribution < 1.29 is 9.53 Å². The molecule has 0 radical (unpaired) electrons. The molecule has 4 nitrogen and oxygen atoms in total. The molecule has 1 N–H and O–H groups in total. The number of hydrogen-bond donors (Lipinski definition) is 1. The predicted octanol–water partition coefficient (Wildman–Crippen LogP) is 0.577. The van der Waals surface area contributed by atoms with Gasteiger partial charge in [0.05, 0.1) is 6.04 Å². The summed E-state index contributed by atoms with van der Waals surface area (Å²) in [5, 5.41) is 3.24. The molecule has 0 saturated carbocycles. The molecule has 13 heavy (non-hydrogen) atoms. The molecule has 2 aliphatic rings. The average Bonchev–Trinajstić information content (AvgIpc) is 1.91. The maximum atomic E-state index is 11.5. The van der Waals surface area contributed by atoms with Gasteiger partial charge in [0.15, 0.2) is 0 Å². The number of likely N-dealkylation sites (tertiary alicyclic amines) is 1. The lowest BCUT2D eigenvalue weighted by Gasteiger charge is -2.55. The summed E-state index contributed by atoms with van der Waals surface area (Å²) >= 11 is 0. The van der Waals surface area contributed by atoms with Crippen molar-refractivity contribution in [3.8, 4) is 0 Å². The topological polar surface area (TPSA) is 41.6 Å². The van der Waals surface area contributed by atoms with Crippen molar-refractivity contribution in [3.63, 3.8) is 0 Å². The quantitative estimate of drug-likeness (QED) is 0.598. The largest absolute Gasteiger partial charge is 0.444 e. The summed E-state index contributed by atoms with van der Waals surface area (Å²) in [4.78, 5) is 13.3. The number of hydrogen-bond acceptors (Lipinski definition) is 3. The van der Waals surface area contributed by atoms with Crippen molar-refractivity contribution in [1.29, 1.82) is 0 Å². The number of piperazine rings is 1. The minimum absolute atomic E-state index is 0.171. The molecule has 0 aromatic carbocycles. The van der Waals surface area contributed by atoms with E-state index in [1.54, 1.807) is 4.90 Å². The molecule has 1 amide bonds. The Kier molecular flexibility index (Phi) is 1.77. The minimum Gasteiger partial charge on any atom is -0.444 e. The molecule has 2 rings (SSSR count). The number of carbonyl (C=O) groups excluding carboxylic acids is 1. The molecule has 2 aliphatic heterocycles. The summed E-state index contributed by atoms with van der Waals surface area (Å²) in [7, 11) is 0. The van der Waals surface area contributed by atoms with Gasteiger partial charge < -0.3 is 15.0 Å². The molecule has 4 heteroatoms. The van der Waals surface area contributed by atoms with Gasteiger partial charge in [0.25, 0.3) is 0 Å². The number of rotatable bonds is 0. The van der Waals surface area contributed by atoms with Crippen LogP contribution in [0.1, 0.15) is 20.8 Å². The number of carbonyl (C=O) groups is 1. The van der Waals surface area contributed by atoms with E-state index < -0.39 is 0 Å². The summed E-state index contributed by atoms with van der Waals surface area (Å²) in [5.41, 5.74) is -0.376. The van der Waals surface area contributed by atoms with E-state index in [-0.39, 0.29) is 11.7 Å². The first-order valence-corrected chi connectivity index (χ1v) is 4.70. The second kappa shape index (κ2) is 2.61. The third-order valence-electron chi connectivity index (χ3n) is 2.48. The van der Waals surface area contributed by atoms with Gasteiger partial charge in [0.2, 0.25) is 0 Å². The monoisotopic (exact) mass is 184 g/mol. The Hall–Kier alpha value is -0.770. The van der Waals surface area contributed by atoms with Crippen LogP contribution in [0.3, 0.4) is 0 Å². The van der Waals surface area contributed by atoms with Crippen molar-refractivity contribution in [3.05, 3.63) is 0 Å². The fourth-order valence-corrected chi connectivity index (χ4v) is 1.64. The average molecular weight is 184 g/mol. The summed E-state index contributed by atoms with van der Waals surface area (Å²) in [5.74, 6) is 0. The lowest BCUT2D eigenvalue weighted by molar-refractivity contribution is -0.0445. The van der Waals surface area contributed by atoms with E-state index in [9.17, 15) is 4.79 Å². The van der Waals surface area contributed by atoms with Crippen molar-refractivity contribution in [2.45, 2.75) is 38.5 Å². The zero-order valence-corrected chi connectivity index (χ0v) is 8.33. The zero-order valence-electron chi connectivity index (χ0n) is 8.33. The SMILES string of the molecule is CC(C)(C)OC(=O)N1CC2NC[C@H]21. The Balaban J connectivity index is 1.85. The van der Waals surface area contributed by atoms with Gasteiger partial charge in [0.1, 0.15) is 5.60 Å². The van der Waals surface area contributed by atoms with E-state index in [2.05, 4.69) is 5.32 Å². The third kappa shape index (κ3) is 1.50. The molecule has 0 bridgehead atoms. The molecule has 2 fully saturated rings. The van der Waals surface area contributed by atoms with Crippen LogP contribution in [0.25, 0.3) is 0 Å². The predicted molar refractivity (Wildman–Crippen MR) is 48.5 cm³/mol. The number of nitrogens with one attached hydrogen (secondary N) is 1.